The fourth-order valence-corrected chi connectivity index (χ4v) is 3.51. The lowest BCUT2D eigenvalue weighted by Gasteiger charge is -1.99. The van der Waals surface area contributed by atoms with Gasteiger partial charge in [0.1, 0.15) is 5.82 Å². The van der Waals surface area contributed by atoms with E-state index in [-0.39, 0.29) is 11.7 Å². The molecule has 3 aromatic rings. The topological polar surface area (TPSA) is 83.6 Å². The molecule has 0 bridgehead atoms. The molecule has 0 aliphatic heterocycles. The van der Waals surface area contributed by atoms with E-state index >= 15 is 0 Å². The number of benzene rings is 1. The highest BCUT2D eigenvalue weighted by molar-refractivity contribution is 7.99. The Kier molecular flexibility index (Phi) is 6.19. The molecule has 0 atom stereocenters. The molecule has 2 heterocycles. The highest BCUT2D eigenvalue weighted by Gasteiger charge is 2.10. The van der Waals surface area contributed by atoms with Crippen molar-refractivity contribution in [2.24, 2.45) is 0 Å². The number of H-pyrrole nitrogens is 1. The van der Waals surface area contributed by atoms with Crippen molar-refractivity contribution >= 4 is 34.1 Å². The van der Waals surface area contributed by atoms with Crippen molar-refractivity contribution in [3.8, 4) is 11.3 Å². The van der Waals surface area contributed by atoms with Gasteiger partial charge in [0.2, 0.25) is 11.1 Å². The molecule has 0 aliphatic rings. The van der Waals surface area contributed by atoms with Crippen molar-refractivity contribution in [1.29, 1.82) is 0 Å². The van der Waals surface area contributed by atoms with Crippen LogP contribution in [0.25, 0.3) is 11.3 Å². The van der Waals surface area contributed by atoms with E-state index < -0.39 is 0 Å². The summed E-state index contributed by atoms with van der Waals surface area (Å²) >= 11 is 2.73. The molecule has 1 amide bonds. The molecular formula is C17H19N5OS2. The van der Waals surface area contributed by atoms with Gasteiger partial charge in [0.25, 0.3) is 0 Å². The van der Waals surface area contributed by atoms with Crippen LogP contribution < -0.4 is 5.32 Å². The van der Waals surface area contributed by atoms with Crippen LogP contribution in [0, 0.1) is 0 Å². The van der Waals surface area contributed by atoms with Crippen LogP contribution >= 0.6 is 23.1 Å². The van der Waals surface area contributed by atoms with Crippen LogP contribution in [0.5, 0.6) is 0 Å². The summed E-state index contributed by atoms with van der Waals surface area (Å²) in [4.78, 5) is 20.9. The number of thiazole rings is 1. The molecule has 0 spiro atoms. The average Bonchev–Trinajstić information content (AvgIpc) is 3.28. The number of nitrogens with zero attached hydrogens (tertiary/aromatic N) is 3. The number of unbranched alkanes of at least 4 members (excludes halogenated alkanes) is 1. The number of carbonyl (C=O) groups is 1. The van der Waals surface area contributed by atoms with Crippen molar-refractivity contribution in [2.75, 3.05) is 11.1 Å². The minimum atomic E-state index is -0.112. The maximum atomic E-state index is 12.1. The number of aryl methyl sites for hydroxylation is 1. The van der Waals surface area contributed by atoms with Crippen LogP contribution in [0.2, 0.25) is 0 Å². The third kappa shape index (κ3) is 5.14. The Morgan fingerprint density at radius 2 is 2.12 bits per heavy atom. The highest BCUT2D eigenvalue weighted by Crippen LogP contribution is 2.24. The molecular weight excluding hydrogens is 354 g/mol. The number of carbonyl (C=O) groups excluding carboxylic acids is 1. The van der Waals surface area contributed by atoms with E-state index in [1.807, 2.05) is 35.7 Å². The van der Waals surface area contributed by atoms with Crippen LogP contribution in [-0.4, -0.2) is 31.8 Å². The Labute approximate surface area is 154 Å². The first kappa shape index (κ1) is 17.6. The minimum Gasteiger partial charge on any atom is -0.301 e. The molecule has 130 valence electrons. The molecule has 2 aromatic heterocycles. The predicted octanol–water partition coefficient (Wildman–Crippen LogP) is 4.00. The van der Waals surface area contributed by atoms with E-state index in [9.17, 15) is 4.79 Å². The largest absolute Gasteiger partial charge is 0.301 e. The van der Waals surface area contributed by atoms with E-state index in [0.717, 1.165) is 36.3 Å². The maximum absolute atomic E-state index is 12.1. The van der Waals surface area contributed by atoms with Crippen molar-refractivity contribution in [3.63, 3.8) is 0 Å². The molecule has 0 saturated carbocycles. The van der Waals surface area contributed by atoms with E-state index in [2.05, 4.69) is 32.4 Å². The van der Waals surface area contributed by atoms with Gasteiger partial charge in [0.15, 0.2) is 5.13 Å². The summed E-state index contributed by atoms with van der Waals surface area (Å²) < 4.78 is 0. The standard InChI is InChI=1S/C17H19N5OS2/c1-2-3-9-14-19-17(22-21-14)25-11-15(23)20-16-18-13(10-24-16)12-7-5-4-6-8-12/h4-8,10H,2-3,9,11H2,1H3,(H,18,20,23)(H,19,21,22). The number of nitrogens with one attached hydrogen (secondary N) is 2. The zero-order chi connectivity index (χ0) is 17.5. The van der Waals surface area contributed by atoms with E-state index in [1.54, 1.807) is 0 Å². The molecule has 2 N–H and O–H groups in total. The number of amides is 1. The molecule has 0 aliphatic carbocycles. The SMILES string of the molecule is CCCCc1nc(SCC(=O)Nc2nc(-c3ccccc3)cs2)n[nH]1. The van der Waals surface area contributed by atoms with Gasteiger partial charge in [-0.1, -0.05) is 55.4 Å². The van der Waals surface area contributed by atoms with Crippen LogP contribution in [0.4, 0.5) is 5.13 Å². The minimum absolute atomic E-state index is 0.112. The lowest BCUT2D eigenvalue weighted by Crippen LogP contribution is -2.13. The van der Waals surface area contributed by atoms with Gasteiger partial charge in [0, 0.05) is 17.4 Å². The first-order valence-corrected chi connectivity index (χ1v) is 9.96. The van der Waals surface area contributed by atoms with Gasteiger partial charge in [-0.15, -0.1) is 16.4 Å². The summed E-state index contributed by atoms with van der Waals surface area (Å²) in [7, 11) is 0. The zero-order valence-electron chi connectivity index (χ0n) is 13.9. The first-order chi connectivity index (χ1) is 12.2. The number of aromatic nitrogens is 4. The molecule has 0 radical (unpaired) electrons. The normalized spacial score (nSPS) is 10.8. The Morgan fingerprint density at radius 3 is 2.92 bits per heavy atom. The molecule has 0 unspecified atom stereocenters. The lowest BCUT2D eigenvalue weighted by atomic mass is 10.2. The van der Waals surface area contributed by atoms with Gasteiger partial charge in [-0.05, 0) is 6.42 Å². The molecule has 0 saturated heterocycles. The van der Waals surface area contributed by atoms with Crippen molar-refractivity contribution < 1.29 is 4.79 Å². The summed E-state index contributed by atoms with van der Waals surface area (Å²) in [6.45, 7) is 2.14. The second kappa shape index (κ2) is 8.77. The van der Waals surface area contributed by atoms with Gasteiger partial charge < -0.3 is 5.32 Å². The molecule has 6 nitrogen and oxygen atoms in total. The van der Waals surface area contributed by atoms with Crippen LogP contribution in [-0.2, 0) is 11.2 Å². The van der Waals surface area contributed by atoms with Gasteiger partial charge in [-0.2, -0.15) is 0 Å². The van der Waals surface area contributed by atoms with E-state index in [4.69, 9.17) is 0 Å². The third-order valence-electron chi connectivity index (χ3n) is 3.43. The van der Waals surface area contributed by atoms with Crippen molar-refractivity contribution in [2.45, 2.75) is 31.3 Å². The number of hydrogen-bond acceptors (Lipinski definition) is 6. The number of rotatable bonds is 8. The third-order valence-corrected chi connectivity index (χ3v) is 5.04. The Balaban J connectivity index is 1.49. The number of aromatic amines is 1. The summed E-state index contributed by atoms with van der Waals surface area (Å²) in [6, 6.07) is 9.89. The van der Waals surface area contributed by atoms with Crippen molar-refractivity contribution in [1.82, 2.24) is 20.2 Å². The average molecular weight is 374 g/mol. The Bertz CT molecular complexity index is 815. The van der Waals surface area contributed by atoms with Crippen molar-refractivity contribution in [3.05, 3.63) is 41.5 Å². The summed E-state index contributed by atoms with van der Waals surface area (Å²) in [6.07, 6.45) is 3.08. The van der Waals surface area contributed by atoms with E-state index in [1.165, 1.54) is 23.1 Å². The van der Waals surface area contributed by atoms with Crippen LogP contribution in [0.3, 0.4) is 0 Å². The highest BCUT2D eigenvalue weighted by atomic mass is 32.2. The molecule has 3 rings (SSSR count). The smallest absolute Gasteiger partial charge is 0.236 e. The molecule has 25 heavy (non-hydrogen) atoms. The van der Waals surface area contributed by atoms with Gasteiger partial charge in [-0.25, -0.2) is 9.97 Å². The maximum Gasteiger partial charge on any atom is 0.236 e. The molecule has 8 heteroatoms. The van der Waals surface area contributed by atoms with Gasteiger partial charge >= 0.3 is 0 Å². The molecule has 1 aromatic carbocycles. The second-order valence-electron chi connectivity index (χ2n) is 5.41. The monoisotopic (exact) mass is 373 g/mol. The number of hydrogen-bond donors (Lipinski definition) is 2. The fourth-order valence-electron chi connectivity index (χ4n) is 2.16. The number of thioether (sulfide) groups is 1. The number of anilines is 1. The quantitative estimate of drug-likeness (QED) is 0.583. The van der Waals surface area contributed by atoms with E-state index in [0.29, 0.717) is 10.3 Å². The Hall–Kier alpha value is -2.19. The fraction of sp³-hybridized carbons (Fsp3) is 0.294. The first-order valence-electron chi connectivity index (χ1n) is 8.09. The second-order valence-corrected chi connectivity index (χ2v) is 7.21. The summed E-state index contributed by atoms with van der Waals surface area (Å²) in [5.41, 5.74) is 1.90. The van der Waals surface area contributed by atoms with Crippen LogP contribution in [0.15, 0.2) is 40.9 Å². The van der Waals surface area contributed by atoms with Crippen LogP contribution in [0.1, 0.15) is 25.6 Å². The molecule has 0 fully saturated rings. The zero-order valence-corrected chi connectivity index (χ0v) is 15.5. The summed E-state index contributed by atoms with van der Waals surface area (Å²) in [5, 5.41) is 13.0. The summed E-state index contributed by atoms with van der Waals surface area (Å²) in [5.74, 6) is 1.02. The lowest BCUT2D eigenvalue weighted by molar-refractivity contribution is -0.113. The van der Waals surface area contributed by atoms with Gasteiger partial charge in [-0.3, -0.25) is 9.89 Å². The predicted molar refractivity (Wildman–Crippen MR) is 102 cm³/mol. The Morgan fingerprint density at radius 1 is 1.28 bits per heavy atom. The van der Waals surface area contributed by atoms with Gasteiger partial charge in [0.05, 0.1) is 11.4 Å².